The third-order valence-electron chi connectivity index (χ3n) is 4.00. The van der Waals surface area contributed by atoms with Gasteiger partial charge >= 0.3 is 6.01 Å². The predicted octanol–water partition coefficient (Wildman–Crippen LogP) is 3.08. The molecule has 10 heteroatoms. The monoisotopic (exact) mass is 419 g/mol. The first-order chi connectivity index (χ1) is 13.9. The second-order valence-corrected chi connectivity index (χ2v) is 8.17. The van der Waals surface area contributed by atoms with Gasteiger partial charge in [-0.05, 0) is 55.0 Å². The van der Waals surface area contributed by atoms with E-state index in [-0.39, 0.29) is 35.4 Å². The molecule has 0 aliphatic rings. The van der Waals surface area contributed by atoms with Crippen molar-refractivity contribution in [1.29, 1.82) is 0 Å². The molecule has 29 heavy (non-hydrogen) atoms. The second kappa shape index (κ2) is 8.82. The van der Waals surface area contributed by atoms with Gasteiger partial charge in [0.15, 0.2) is 9.84 Å². The molecule has 0 unspecified atom stereocenters. The molecule has 0 fully saturated rings. The summed E-state index contributed by atoms with van der Waals surface area (Å²) in [5.41, 5.74) is 0.657. The largest absolute Gasteiger partial charge is 0.497 e. The van der Waals surface area contributed by atoms with E-state index in [2.05, 4.69) is 15.5 Å². The smallest absolute Gasteiger partial charge is 0.322 e. The molecule has 8 nitrogen and oxygen atoms in total. The van der Waals surface area contributed by atoms with Crippen LogP contribution in [0.25, 0.3) is 11.5 Å². The maximum atomic E-state index is 12.9. The highest BCUT2D eigenvalue weighted by Gasteiger charge is 2.16. The molecule has 152 valence electrons. The molecule has 1 aromatic heterocycles. The number of sulfone groups is 1. The Labute approximate surface area is 166 Å². The van der Waals surface area contributed by atoms with Crippen molar-refractivity contribution in [1.82, 2.24) is 10.2 Å². The summed E-state index contributed by atoms with van der Waals surface area (Å²) in [5, 5.41) is 10.1. The molecule has 1 heterocycles. The molecule has 0 saturated heterocycles. The summed E-state index contributed by atoms with van der Waals surface area (Å²) >= 11 is 0. The average molecular weight is 419 g/mol. The molecule has 0 radical (unpaired) electrons. The van der Waals surface area contributed by atoms with Gasteiger partial charge in [-0.1, -0.05) is 5.10 Å². The second-order valence-electron chi connectivity index (χ2n) is 6.07. The van der Waals surface area contributed by atoms with Crippen LogP contribution in [0.15, 0.2) is 57.8 Å². The summed E-state index contributed by atoms with van der Waals surface area (Å²) < 4.78 is 47.7. The number of rotatable bonds is 8. The molecule has 0 spiro atoms. The third kappa shape index (κ3) is 5.38. The maximum absolute atomic E-state index is 12.9. The van der Waals surface area contributed by atoms with Gasteiger partial charge in [-0.3, -0.25) is 10.1 Å². The van der Waals surface area contributed by atoms with Crippen LogP contribution in [0.4, 0.5) is 10.4 Å². The average Bonchev–Trinajstić information content (AvgIpc) is 3.16. The van der Waals surface area contributed by atoms with Crippen molar-refractivity contribution < 1.29 is 26.8 Å². The van der Waals surface area contributed by atoms with E-state index in [4.69, 9.17) is 9.15 Å². The van der Waals surface area contributed by atoms with E-state index < -0.39 is 21.6 Å². The number of halogens is 1. The Morgan fingerprint density at radius 3 is 2.45 bits per heavy atom. The maximum Gasteiger partial charge on any atom is 0.322 e. The topological polar surface area (TPSA) is 111 Å². The lowest BCUT2D eigenvalue weighted by Crippen LogP contribution is -2.14. The third-order valence-corrected chi connectivity index (χ3v) is 5.81. The normalized spacial score (nSPS) is 11.2. The Morgan fingerprint density at radius 1 is 1.10 bits per heavy atom. The minimum Gasteiger partial charge on any atom is -0.497 e. The van der Waals surface area contributed by atoms with Gasteiger partial charge in [0.2, 0.25) is 11.8 Å². The van der Waals surface area contributed by atoms with Crippen molar-refractivity contribution in [2.45, 2.75) is 17.7 Å². The lowest BCUT2D eigenvalue weighted by Gasteiger charge is -2.04. The van der Waals surface area contributed by atoms with Gasteiger partial charge in [-0.2, -0.15) is 0 Å². The van der Waals surface area contributed by atoms with Crippen LogP contribution in [0, 0.1) is 5.82 Å². The van der Waals surface area contributed by atoms with Gasteiger partial charge in [-0.25, -0.2) is 12.8 Å². The van der Waals surface area contributed by atoms with Crippen molar-refractivity contribution in [3.05, 3.63) is 54.3 Å². The molecule has 1 N–H and O–H groups in total. The van der Waals surface area contributed by atoms with Crippen LogP contribution in [0.5, 0.6) is 5.75 Å². The fourth-order valence-electron chi connectivity index (χ4n) is 2.49. The Hall–Kier alpha value is -3.27. The molecule has 2 aromatic carbocycles. The molecule has 3 rings (SSSR count). The zero-order chi connectivity index (χ0) is 20.9. The van der Waals surface area contributed by atoms with Gasteiger partial charge in [0.25, 0.3) is 0 Å². The first-order valence-corrected chi connectivity index (χ1v) is 10.3. The quantitative estimate of drug-likeness (QED) is 0.559. The minimum absolute atomic E-state index is 0.0142. The van der Waals surface area contributed by atoms with Crippen LogP contribution in [-0.4, -0.2) is 37.4 Å². The predicted molar refractivity (Wildman–Crippen MR) is 103 cm³/mol. The van der Waals surface area contributed by atoms with Crippen molar-refractivity contribution >= 4 is 21.8 Å². The highest BCUT2D eigenvalue weighted by atomic mass is 32.2. The van der Waals surface area contributed by atoms with Crippen molar-refractivity contribution in [3.63, 3.8) is 0 Å². The molecule has 0 aliphatic carbocycles. The van der Waals surface area contributed by atoms with E-state index in [1.54, 1.807) is 31.4 Å². The number of ether oxygens (including phenoxy) is 1. The summed E-state index contributed by atoms with van der Waals surface area (Å²) in [6.45, 7) is 0. The van der Waals surface area contributed by atoms with Crippen LogP contribution >= 0.6 is 0 Å². The van der Waals surface area contributed by atoms with Crippen molar-refractivity contribution in [3.8, 4) is 17.2 Å². The number of nitrogens with zero attached hydrogens (tertiary/aromatic N) is 2. The number of nitrogens with one attached hydrogen (secondary N) is 1. The number of hydrogen-bond donors (Lipinski definition) is 1. The lowest BCUT2D eigenvalue weighted by molar-refractivity contribution is -0.116. The lowest BCUT2D eigenvalue weighted by atomic mass is 10.2. The van der Waals surface area contributed by atoms with Gasteiger partial charge < -0.3 is 9.15 Å². The summed E-state index contributed by atoms with van der Waals surface area (Å²) in [5.74, 6) is -0.312. The summed E-state index contributed by atoms with van der Waals surface area (Å²) in [6.07, 6.45) is 0.0334. The molecule has 0 aliphatic heterocycles. The molecular formula is C19H18FN3O5S. The Bertz CT molecular complexity index is 1080. The van der Waals surface area contributed by atoms with Gasteiger partial charge in [0.1, 0.15) is 11.6 Å². The fourth-order valence-corrected chi connectivity index (χ4v) is 3.80. The van der Waals surface area contributed by atoms with E-state index in [1.165, 1.54) is 12.1 Å². The molecule has 0 atom stereocenters. The minimum atomic E-state index is -3.59. The van der Waals surface area contributed by atoms with Crippen LogP contribution in [0.2, 0.25) is 0 Å². The Balaban J connectivity index is 1.52. The highest BCUT2D eigenvalue weighted by Crippen LogP contribution is 2.22. The first kappa shape index (κ1) is 20.5. The first-order valence-electron chi connectivity index (χ1n) is 8.63. The van der Waals surface area contributed by atoms with E-state index in [1.807, 2.05) is 0 Å². The van der Waals surface area contributed by atoms with E-state index in [0.29, 0.717) is 11.3 Å². The molecule has 0 bridgehead atoms. The van der Waals surface area contributed by atoms with Gasteiger partial charge in [-0.15, -0.1) is 5.10 Å². The summed E-state index contributed by atoms with van der Waals surface area (Å²) in [4.78, 5) is 12.0. The number of methoxy groups -OCH3 is 1. The standard InChI is InChI=1S/C19H18FN3O5S/c1-27-15-8-4-13(5-9-15)18-22-23-19(28-18)21-17(24)3-2-12-29(25,26)16-10-6-14(20)7-11-16/h4-11H,2-3,12H2,1H3,(H,21,23,24). The molecule has 3 aromatic rings. The zero-order valence-corrected chi connectivity index (χ0v) is 16.3. The molecular weight excluding hydrogens is 401 g/mol. The van der Waals surface area contributed by atoms with E-state index in [9.17, 15) is 17.6 Å². The van der Waals surface area contributed by atoms with Gasteiger partial charge in [0, 0.05) is 12.0 Å². The number of anilines is 1. The van der Waals surface area contributed by atoms with Crippen molar-refractivity contribution in [2.24, 2.45) is 0 Å². The number of benzene rings is 2. The van der Waals surface area contributed by atoms with Crippen LogP contribution in [0.1, 0.15) is 12.8 Å². The van der Waals surface area contributed by atoms with E-state index in [0.717, 1.165) is 12.1 Å². The van der Waals surface area contributed by atoms with Gasteiger partial charge in [0.05, 0.1) is 17.8 Å². The zero-order valence-electron chi connectivity index (χ0n) is 15.5. The molecule has 0 saturated carbocycles. The van der Waals surface area contributed by atoms with Crippen LogP contribution in [-0.2, 0) is 14.6 Å². The Kier molecular flexibility index (Phi) is 6.23. The Morgan fingerprint density at radius 2 is 1.79 bits per heavy atom. The van der Waals surface area contributed by atoms with Crippen molar-refractivity contribution in [2.75, 3.05) is 18.2 Å². The number of carbonyl (C=O) groups is 1. The van der Waals surface area contributed by atoms with Crippen LogP contribution in [0.3, 0.4) is 0 Å². The summed E-state index contributed by atoms with van der Waals surface area (Å²) in [7, 11) is -2.04. The number of carbonyl (C=O) groups excluding carboxylic acids is 1. The van der Waals surface area contributed by atoms with Crippen LogP contribution < -0.4 is 10.1 Å². The van der Waals surface area contributed by atoms with E-state index >= 15 is 0 Å². The fraction of sp³-hybridized carbons (Fsp3) is 0.211. The highest BCUT2D eigenvalue weighted by molar-refractivity contribution is 7.91. The SMILES string of the molecule is COc1ccc(-c2nnc(NC(=O)CCCS(=O)(=O)c3ccc(F)cc3)o2)cc1. The number of aromatic nitrogens is 2. The summed E-state index contributed by atoms with van der Waals surface area (Å²) in [6, 6.07) is 11.4. The molecule has 1 amide bonds. The number of hydrogen-bond acceptors (Lipinski definition) is 7. The number of amides is 1.